The zero-order chi connectivity index (χ0) is 17.9. The normalized spacial score (nSPS) is 18.7. The summed E-state index contributed by atoms with van der Waals surface area (Å²) in [6.07, 6.45) is 5.15. The standard InChI is InChI=1S/C17H22N4O3S/c1-13-5-3-10-21(12-13)25(22,23)20-16-7-6-15(11-14(16)2)24-17-18-8-4-9-19-17/h4,6-9,11,13,20H,3,5,10,12H2,1-2H3/t13-/m1/s1. The molecule has 1 fully saturated rings. The second kappa shape index (κ2) is 7.37. The molecule has 0 radical (unpaired) electrons. The second-order valence-corrected chi connectivity index (χ2v) is 7.99. The number of rotatable bonds is 5. The molecule has 1 aliphatic heterocycles. The van der Waals surface area contributed by atoms with Gasteiger partial charge in [-0.2, -0.15) is 12.7 Å². The molecule has 2 aromatic rings. The van der Waals surface area contributed by atoms with Crippen molar-refractivity contribution in [2.75, 3.05) is 17.8 Å². The van der Waals surface area contributed by atoms with Gasteiger partial charge in [0.2, 0.25) is 0 Å². The van der Waals surface area contributed by atoms with Crippen molar-refractivity contribution in [3.8, 4) is 11.8 Å². The van der Waals surface area contributed by atoms with Gasteiger partial charge in [-0.05, 0) is 55.5 Å². The predicted molar refractivity (Wildman–Crippen MR) is 95.8 cm³/mol. The average molecular weight is 362 g/mol. The van der Waals surface area contributed by atoms with E-state index in [1.165, 1.54) is 4.31 Å². The third-order valence-corrected chi connectivity index (χ3v) is 5.64. The minimum Gasteiger partial charge on any atom is -0.424 e. The van der Waals surface area contributed by atoms with Crippen molar-refractivity contribution in [3.63, 3.8) is 0 Å². The highest BCUT2D eigenvalue weighted by molar-refractivity contribution is 7.90. The third-order valence-electron chi connectivity index (χ3n) is 4.15. The number of nitrogens with one attached hydrogen (secondary N) is 1. The summed E-state index contributed by atoms with van der Waals surface area (Å²) in [5.41, 5.74) is 1.31. The molecule has 2 heterocycles. The van der Waals surface area contributed by atoms with Crippen molar-refractivity contribution < 1.29 is 13.2 Å². The smallest absolute Gasteiger partial charge is 0.321 e. The molecule has 0 aliphatic carbocycles. The maximum absolute atomic E-state index is 12.6. The van der Waals surface area contributed by atoms with E-state index in [1.807, 2.05) is 6.92 Å². The van der Waals surface area contributed by atoms with E-state index in [0.29, 0.717) is 30.4 Å². The van der Waals surface area contributed by atoms with E-state index in [0.717, 1.165) is 18.4 Å². The zero-order valence-electron chi connectivity index (χ0n) is 14.3. The summed E-state index contributed by atoms with van der Waals surface area (Å²) < 4.78 is 34.9. The Labute approximate surface area is 148 Å². The van der Waals surface area contributed by atoms with Crippen LogP contribution in [-0.2, 0) is 10.2 Å². The van der Waals surface area contributed by atoms with Crippen LogP contribution in [0.25, 0.3) is 0 Å². The Kier molecular flexibility index (Phi) is 5.19. The van der Waals surface area contributed by atoms with Crippen LogP contribution in [-0.4, -0.2) is 35.8 Å². The highest BCUT2D eigenvalue weighted by Crippen LogP contribution is 2.26. The molecule has 0 spiro atoms. The van der Waals surface area contributed by atoms with Gasteiger partial charge >= 0.3 is 16.2 Å². The number of aromatic nitrogens is 2. The van der Waals surface area contributed by atoms with E-state index in [-0.39, 0.29) is 6.01 Å². The van der Waals surface area contributed by atoms with Gasteiger partial charge in [-0.15, -0.1) is 0 Å². The highest BCUT2D eigenvalue weighted by atomic mass is 32.2. The lowest BCUT2D eigenvalue weighted by atomic mass is 10.0. The van der Waals surface area contributed by atoms with Gasteiger partial charge in [0.25, 0.3) is 0 Å². The molecule has 0 saturated carbocycles. The number of ether oxygens (including phenoxy) is 1. The molecular weight excluding hydrogens is 340 g/mol. The number of benzene rings is 1. The molecule has 0 unspecified atom stereocenters. The molecule has 1 aromatic carbocycles. The van der Waals surface area contributed by atoms with Gasteiger partial charge in [-0.25, -0.2) is 9.97 Å². The number of hydrogen-bond donors (Lipinski definition) is 1. The number of hydrogen-bond acceptors (Lipinski definition) is 5. The Balaban J connectivity index is 1.72. The van der Waals surface area contributed by atoms with Crippen LogP contribution in [0.4, 0.5) is 5.69 Å². The lowest BCUT2D eigenvalue weighted by molar-refractivity contribution is 0.282. The molecule has 1 N–H and O–H groups in total. The fourth-order valence-corrected chi connectivity index (χ4v) is 4.28. The minimum absolute atomic E-state index is 0.248. The van der Waals surface area contributed by atoms with Gasteiger partial charge in [-0.3, -0.25) is 4.72 Å². The molecule has 1 aromatic heterocycles. The summed E-state index contributed by atoms with van der Waals surface area (Å²) in [6, 6.07) is 7.10. The first-order valence-electron chi connectivity index (χ1n) is 8.27. The van der Waals surface area contributed by atoms with E-state index in [2.05, 4.69) is 21.6 Å². The molecule has 8 heteroatoms. The predicted octanol–water partition coefficient (Wildman–Crippen LogP) is 2.97. The largest absolute Gasteiger partial charge is 0.424 e. The van der Waals surface area contributed by atoms with Gasteiger partial charge in [0.1, 0.15) is 5.75 Å². The van der Waals surface area contributed by atoms with Crippen LogP contribution >= 0.6 is 0 Å². The van der Waals surface area contributed by atoms with E-state index >= 15 is 0 Å². The van der Waals surface area contributed by atoms with E-state index in [9.17, 15) is 8.42 Å². The molecule has 0 bridgehead atoms. The minimum atomic E-state index is -3.55. The molecule has 0 amide bonds. The fraction of sp³-hybridized carbons (Fsp3) is 0.412. The average Bonchev–Trinajstić information content (AvgIpc) is 2.58. The van der Waals surface area contributed by atoms with Gasteiger partial charge < -0.3 is 4.74 Å². The Morgan fingerprint density at radius 3 is 2.72 bits per heavy atom. The zero-order valence-corrected chi connectivity index (χ0v) is 15.2. The summed E-state index contributed by atoms with van der Waals surface area (Å²) in [6.45, 7) is 5.02. The summed E-state index contributed by atoms with van der Waals surface area (Å²) in [5, 5.41) is 0. The molecule has 3 rings (SSSR count). The first kappa shape index (κ1) is 17.6. The van der Waals surface area contributed by atoms with Crippen LogP contribution in [0.5, 0.6) is 11.8 Å². The van der Waals surface area contributed by atoms with E-state index < -0.39 is 10.2 Å². The number of aryl methyl sites for hydroxylation is 1. The highest BCUT2D eigenvalue weighted by Gasteiger charge is 2.27. The Morgan fingerprint density at radius 2 is 2.04 bits per heavy atom. The maximum Gasteiger partial charge on any atom is 0.321 e. The molecule has 7 nitrogen and oxygen atoms in total. The van der Waals surface area contributed by atoms with Crippen LogP contribution in [0.15, 0.2) is 36.7 Å². The van der Waals surface area contributed by atoms with Crippen molar-refractivity contribution in [2.24, 2.45) is 5.92 Å². The fourth-order valence-electron chi connectivity index (χ4n) is 2.83. The Hall–Kier alpha value is -2.19. The number of nitrogens with zero attached hydrogens (tertiary/aromatic N) is 3. The summed E-state index contributed by atoms with van der Waals surface area (Å²) in [4.78, 5) is 8.00. The summed E-state index contributed by atoms with van der Waals surface area (Å²) in [5.74, 6) is 0.936. The van der Waals surface area contributed by atoms with E-state index in [4.69, 9.17) is 4.74 Å². The molecule has 1 aliphatic rings. The number of piperidine rings is 1. The van der Waals surface area contributed by atoms with Crippen LogP contribution in [0.1, 0.15) is 25.3 Å². The summed E-state index contributed by atoms with van der Waals surface area (Å²) >= 11 is 0. The third kappa shape index (κ3) is 4.46. The Morgan fingerprint density at radius 1 is 1.28 bits per heavy atom. The van der Waals surface area contributed by atoms with Gasteiger partial charge in [0.15, 0.2) is 0 Å². The second-order valence-electron chi connectivity index (χ2n) is 6.32. The number of anilines is 1. The van der Waals surface area contributed by atoms with Crippen molar-refractivity contribution in [3.05, 3.63) is 42.2 Å². The van der Waals surface area contributed by atoms with E-state index in [1.54, 1.807) is 36.7 Å². The van der Waals surface area contributed by atoms with Crippen LogP contribution in [0, 0.1) is 12.8 Å². The molecule has 25 heavy (non-hydrogen) atoms. The van der Waals surface area contributed by atoms with Gasteiger partial charge in [0, 0.05) is 25.5 Å². The van der Waals surface area contributed by atoms with Crippen molar-refractivity contribution in [1.82, 2.24) is 14.3 Å². The lowest BCUT2D eigenvalue weighted by Gasteiger charge is -2.30. The van der Waals surface area contributed by atoms with Crippen molar-refractivity contribution in [2.45, 2.75) is 26.7 Å². The molecule has 134 valence electrons. The van der Waals surface area contributed by atoms with Crippen molar-refractivity contribution in [1.29, 1.82) is 0 Å². The monoisotopic (exact) mass is 362 g/mol. The van der Waals surface area contributed by atoms with Crippen LogP contribution in [0.2, 0.25) is 0 Å². The quantitative estimate of drug-likeness (QED) is 0.884. The Bertz CT molecular complexity index is 827. The van der Waals surface area contributed by atoms with Gasteiger partial charge in [-0.1, -0.05) is 6.92 Å². The maximum atomic E-state index is 12.6. The molecular formula is C17H22N4O3S. The first-order valence-corrected chi connectivity index (χ1v) is 9.71. The van der Waals surface area contributed by atoms with Crippen LogP contribution < -0.4 is 9.46 Å². The SMILES string of the molecule is Cc1cc(Oc2ncccn2)ccc1NS(=O)(=O)N1CCC[C@@H](C)C1. The first-order chi connectivity index (χ1) is 11.9. The van der Waals surface area contributed by atoms with Crippen LogP contribution in [0.3, 0.4) is 0 Å². The van der Waals surface area contributed by atoms with Crippen molar-refractivity contribution >= 4 is 15.9 Å². The molecule has 1 saturated heterocycles. The molecule has 1 atom stereocenters. The van der Waals surface area contributed by atoms with Gasteiger partial charge in [0.05, 0.1) is 5.69 Å². The topological polar surface area (TPSA) is 84.4 Å². The summed E-state index contributed by atoms with van der Waals surface area (Å²) in [7, 11) is -3.55. The lowest BCUT2D eigenvalue weighted by Crippen LogP contribution is -2.42.